The van der Waals surface area contributed by atoms with Crippen LogP contribution in [0.2, 0.25) is 0 Å². The molecule has 70 valence electrons. The highest BCUT2D eigenvalue weighted by Crippen LogP contribution is 2.24. The lowest BCUT2D eigenvalue weighted by Gasteiger charge is -2.04. The second-order valence-electron chi connectivity index (χ2n) is 2.63. The number of hydrogen-bond donors (Lipinski definition) is 1. The zero-order valence-corrected chi connectivity index (χ0v) is 11.4. The van der Waals surface area contributed by atoms with Crippen molar-refractivity contribution in [1.82, 2.24) is 0 Å². The summed E-state index contributed by atoms with van der Waals surface area (Å²) in [6.45, 7) is 1.86. The number of benzene rings is 1. The van der Waals surface area contributed by atoms with Crippen LogP contribution in [0, 0.1) is 7.14 Å². The van der Waals surface area contributed by atoms with Gasteiger partial charge in [-0.2, -0.15) is 0 Å². The molecule has 0 heterocycles. The summed E-state index contributed by atoms with van der Waals surface area (Å²) < 4.78 is 1.89. The molecule has 1 aromatic carbocycles. The van der Waals surface area contributed by atoms with Crippen LogP contribution in [0.5, 0.6) is 0 Å². The van der Waals surface area contributed by atoms with Gasteiger partial charge in [0, 0.05) is 19.1 Å². The molecule has 1 aromatic rings. The van der Waals surface area contributed by atoms with E-state index < -0.39 is 0 Å². The molecule has 0 aliphatic rings. The molecule has 0 spiro atoms. The highest BCUT2D eigenvalue weighted by molar-refractivity contribution is 14.1. The van der Waals surface area contributed by atoms with Gasteiger partial charge in [-0.1, -0.05) is 6.92 Å². The molecule has 0 saturated carbocycles. The summed E-state index contributed by atoms with van der Waals surface area (Å²) in [5.74, 6) is 0.163. The predicted octanol–water partition coefficient (Wildman–Crippen LogP) is 3.07. The highest BCUT2D eigenvalue weighted by atomic mass is 127. The van der Waals surface area contributed by atoms with Crippen molar-refractivity contribution in [3.05, 3.63) is 24.8 Å². The van der Waals surface area contributed by atoms with Crippen LogP contribution < -0.4 is 5.73 Å². The summed E-state index contributed by atoms with van der Waals surface area (Å²) in [7, 11) is 0. The summed E-state index contributed by atoms with van der Waals surface area (Å²) in [5.41, 5.74) is 7.28. The lowest BCUT2D eigenvalue weighted by atomic mass is 10.1. The molecule has 1 rings (SSSR count). The van der Waals surface area contributed by atoms with E-state index in [-0.39, 0.29) is 5.78 Å². The van der Waals surface area contributed by atoms with E-state index in [0.717, 1.165) is 18.4 Å². The average molecular weight is 401 g/mol. The van der Waals surface area contributed by atoms with Crippen LogP contribution in [0.25, 0.3) is 0 Å². The fraction of sp³-hybridized carbons (Fsp3) is 0.222. The van der Waals surface area contributed by atoms with Crippen molar-refractivity contribution in [2.45, 2.75) is 13.3 Å². The number of halogens is 2. The van der Waals surface area contributed by atoms with Crippen LogP contribution in [0.15, 0.2) is 12.1 Å². The number of nitrogen functional groups attached to an aromatic ring is 1. The van der Waals surface area contributed by atoms with Crippen molar-refractivity contribution < 1.29 is 4.79 Å². The first-order valence-electron chi connectivity index (χ1n) is 3.84. The molecule has 0 aliphatic carbocycles. The molecular weight excluding hydrogens is 392 g/mol. The maximum absolute atomic E-state index is 11.4. The number of nitrogens with two attached hydrogens (primary N) is 1. The van der Waals surface area contributed by atoms with Crippen LogP contribution >= 0.6 is 45.2 Å². The van der Waals surface area contributed by atoms with Crippen molar-refractivity contribution in [3.8, 4) is 0 Å². The van der Waals surface area contributed by atoms with Crippen molar-refractivity contribution in [1.29, 1.82) is 0 Å². The Morgan fingerprint density at radius 2 is 1.85 bits per heavy atom. The van der Waals surface area contributed by atoms with Crippen molar-refractivity contribution in [2.24, 2.45) is 0 Å². The second-order valence-corrected chi connectivity index (χ2v) is 4.95. The van der Waals surface area contributed by atoms with Gasteiger partial charge in [0.15, 0.2) is 5.78 Å². The number of Topliss-reactive ketones (excluding diaryl/α,β-unsaturated/α-hetero) is 1. The van der Waals surface area contributed by atoms with Crippen LogP contribution in [-0.2, 0) is 0 Å². The van der Waals surface area contributed by atoms with E-state index >= 15 is 0 Å². The van der Waals surface area contributed by atoms with Gasteiger partial charge in [0.1, 0.15) is 0 Å². The molecule has 0 aliphatic heterocycles. The fourth-order valence-corrected chi connectivity index (χ4v) is 2.72. The van der Waals surface area contributed by atoms with Crippen LogP contribution in [-0.4, -0.2) is 5.78 Å². The third kappa shape index (κ3) is 2.55. The van der Waals surface area contributed by atoms with E-state index in [9.17, 15) is 4.79 Å². The minimum absolute atomic E-state index is 0.163. The molecule has 0 radical (unpaired) electrons. The Balaban J connectivity index is 3.20. The van der Waals surface area contributed by atoms with Crippen LogP contribution in [0.4, 0.5) is 5.69 Å². The molecule has 13 heavy (non-hydrogen) atoms. The smallest absolute Gasteiger partial charge is 0.162 e. The number of rotatable bonds is 2. The van der Waals surface area contributed by atoms with Gasteiger partial charge in [0.25, 0.3) is 0 Å². The molecule has 4 heteroatoms. The van der Waals surface area contributed by atoms with Gasteiger partial charge in [0.05, 0.1) is 5.69 Å². The minimum Gasteiger partial charge on any atom is -0.397 e. The van der Waals surface area contributed by atoms with Gasteiger partial charge in [-0.25, -0.2) is 0 Å². The van der Waals surface area contributed by atoms with Gasteiger partial charge >= 0.3 is 0 Å². The van der Waals surface area contributed by atoms with Crippen LogP contribution in [0.1, 0.15) is 23.7 Å². The van der Waals surface area contributed by atoms with Gasteiger partial charge in [0.2, 0.25) is 0 Å². The number of carbonyl (C=O) groups is 1. The zero-order valence-electron chi connectivity index (χ0n) is 7.10. The van der Waals surface area contributed by atoms with E-state index in [1.165, 1.54) is 0 Å². The molecule has 0 bridgehead atoms. The molecule has 0 amide bonds. The maximum atomic E-state index is 11.4. The number of anilines is 1. The van der Waals surface area contributed by atoms with E-state index in [1.54, 1.807) is 0 Å². The molecule has 0 unspecified atom stereocenters. The number of carbonyl (C=O) groups excluding carboxylic acids is 1. The molecular formula is C9H9I2NO. The first kappa shape index (κ1) is 11.2. The maximum Gasteiger partial charge on any atom is 0.162 e. The molecule has 0 saturated heterocycles. The normalized spacial score (nSPS) is 10.1. The summed E-state index contributed by atoms with van der Waals surface area (Å²) >= 11 is 4.29. The van der Waals surface area contributed by atoms with Gasteiger partial charge in [-0.15, -0.1) is 0 Å². The van der Waals surface area contributed by atoms with E-state index in [1.807, 2.05) is 19.1 Å². The number of ketones is 1. The number of hydrogen-bond acceptors (Lipinski definition) is 2. The topological polar surface area (TPSA) is 43.1 Å². The Bertz CT molecular complexity index is 326. The molecule has 0 fully saturated rings. The highest BCUT2D eigenvalue weighted by Gasteiger charge is 2.08. The molecule has 0 aromatic heterocycles. The largest absolute Gasteiger partial charge is 0.397 e. The Morgan fingerprint density at radius 3 is 2.23 bits per heavy atom. The summed E-state index contributed by atoms with van der Waals surface area (Å²) in [4.78, 5) is 11.4. The van der Waals surface area contributed by atoms with Crippen molar-refractivity contribution in [2.75, 3.05) is 5.73 Å². The Hall–Kier alpha value is 0.150. The van der Waals surface area contributed by atoms with E-state index in [4.69, 9.17) is 5.73 Å². The second kappa shape index (κ2) is 4.59. The third-order valence-electron chi connectivity index (χ3n) is 1.72. The fourth-order valence-electron chi connectivity index (χ4n) is 0.949. The third-order valence-corrected chi connectivity index (χ3v) is 3.51. The first-order chi connectivity index (χ1) is 6.06. The van der Waals surface area contributed by atoms with Crippen LogP contribution in [0.3, 0.4) is 0 Å². The van der Waals surface area contributed by atoms with Crippen molar-refractivity contribution >= 4 is 56.7 Å². The summed E-state index contributed by atoms with van der Waals surface area (Å²) in [5, 5.41) is 0. The van der Waals surface area contributed by atoms with Gasteiger partial charge < -0.3 is 5.73 Å². The summed E-state index contributed by atoms with van der Waals surface area (Å²) in [6.07, 6.45) is 0.538. The van der Waals surface area contributed by atoms with E-state index in [0.29, 0.717) is 6.42 Å². The molecule has 2 nitrogen and oxygen atoms in total. The Morgan fingerprint density at radius 1 is 1.38 bits per heavy atom. The van der Waals surface area contributed by atoms with Crippen molar-refractivity contribution in [3.63, 3.8) is 0 Å². The van der Waals surface area contributed by atoms with E-state index in [2.05, 4.69) is 45.2 Å². The molecule has 2 N–H and O–H groups in total. The predicted molar refractivity (Wildman–Crippen MR) is 70.9 cm³/mol. The summed E-state index contributed by atoms with van der Waals surface area (Å²) in [6, 6.07) is 3.67. The standard InChI is InChI=1S/C9H9I2NO/c1-2-8(13)5-3-6(10)9(12)7(11)4-5/h3-4H,2,12H2,1H3. The zero-order chi connectivity index (χ0) is 10.0. The first-order valence-corrected chi connectivity index (χ1v) is 5.99. The average Bonchev–Trinajstić information content (AvgIpc) is 2.12. The minimum atomic E-state index is 0.163. The Kier molecular flexibility index (Phi) is 3.96. The molecule has 0 atom stereocenters. The van der Waals surface area contributed by atoms with Gasteiger partial charge in [-0.3, -0.25) is 4.79 Å². The Labute approximate surface area is 105 Å². The quantitative estimate of drug-likeness (QED) is 0.471. The lowest BCUT2D eigenvalue weighted by Crippen LogP contribution is -2.01. The monoisotopic (exact) mass is 401 g/mol. The lowest BCUT2D eigenvalue weighted by molar-refractivity contribution is 0.0988. The SMILES string of the molecule is CCC(=O)c1cc(I)c(N)c(I)c1. The van der Waals surface area contributed by atoms with Gasteiger partial charge in [-0.05, 0) is 57.3 Å².